The van der Waals surface area contributed by atoms with Crippen LogP contribution in [0.3, 0.4) is 0 Å². The third-order valence-corrected chi connectivity index (χ3v) is 5.96. The quantitative estimate of drug-likeness (QED) is 0.747. The van der Waals surface area contributed by atoms with E-state index in [0.29, 0.717) is 43.0 Å². The summed E-state index contributed by atoms with van der Waals surface area (Å²) in [6.07, 6.45) is 0.754. The van der Waals surface area contributed by atoms with Gasteiger partial charge in [-0.25, -0.2) is 4.79 Å². The number of likely N-dealkylation sites (tertiary alicyclic amines) is 1. The van der Waals surface area contributed by atoms with Crippen molar-refractivity contribution in [1.82, 2.24) is 15.1 Å². The second kappa shape index (κ2) is 8.29. The summed E-state index contributed by atoms with van der Waals surface area (Å²) in [6.45, 7) is 0.984. The first-order valence-electron chi connectivity index (χ1n) is 10.2. The molecule has 162 valence electrons. The lowest BCUT2D eigenvalue weighted by molar-refractivity contribution is -0.133. The Morgan fingerprint density at radius 3 is 2.32 bits per heavy atom. The minimum absolute atomic E-state index is 0.145. The number of nitrogens with one attached hydrogen (secondary N) is 1. The Kier molecular flexibility index (Phi) is 5.54. The van der Waals surface area contributed by atoms with Gasteiger partial charge < -0.3 is 19.7 Å². The van der Waals surface area contributed by atoms with Crippen LogP contribution in [0.4, 0.5) is 4.79 Å². The molecule has 31 heavy (non-hydrogen) atoms. The molecular weight excluding hydrogens is 398 g/mol. The minimum Gasteiger partial charge on any atom is -0.493 e. The summed E-state index contributed by atoms with van der Waals surface area (Å²) in [5.74, 6) is 0.666. The van der Waals surface area contributed by atoms with E-state index in [1.165, 1.54) is 19.1 Å². The molecule has 2 fully saturated rings. The van der Waals surface area contributed by atoms with Gasteiger partial charge in [0, 0.05) is 18.7 Å². The molecule has 1 spiro atoms. The van der Waals surface area contributed by atoms with Crippen molar-refractivity contribution in [2.75, 3.05) is 27.3 Å². The minimum atomic E-state index is -0.944. The fourth-order valence-electron chi connectivity index (χ4n) is 4.17. The first-order valence-corrected chi connectivity index (χ1v) is 10.2. The number of carbonyl (C=O) groups excluding carboxylic acids is 3. The van der Waals surface area contributed by atoms with E-state index in [4.69, 9.17) is 9.47 Å². The molecule has 8 heteroatoms. The summed E-state index contributed by atoms with van der Waals surface area (Å²) >= 11 is 0. The zero-order chi connectivity index (χ0) is 22.0. The summed E-state index contributed by atoms with van der Waals surface area (Å²) in [5.41, 5.74) is 0.436. The van der Waals surface area contributed by atoms with Crippen molar-refractivity contribution in [3.05, 3.63) is 59.7 Å². The highest BCUT2D eigenvalue weighted by atomic mass is 16.5. The van der Waals surface area contributed by atoms with Crippen LogP contribution >= 0.6 is 0 Å². The van der Waals surface area contributed by atoms with Crippen molar-refractivity contribution in [2.45, 2.75) is 24.9 Å². The summed E-state index contributed by atoms with van der Waals surface area (Å²) < 4.78 is 10.5. The van der Waals surface area contributed by atoms with Crippen molar-refractivity contribution in [3.8, 4) is 11.5 Å². The topological polar surface area (TPSA) is 88.2 Å². The number of piperidine rings is 1. The van der Waals surface area contributed by atoms with Crippen LogP contribution in [0.2, 0.25) is 0 Å². The summed E-state index contributed by atoms with van der Waals surface area (Å²) in [4.78, 5) is 41.6. The smallest absolute Gasteiger partial charge is 0.325 e. The average molecular weight is 423 g/mol. The number of hydrogen-bond donors (Lipinski definition) is 1. The Morgan fingerprint density at radius 2 is 1.68 bits per heavy atom. The van der Waals surface area contributed by atoms with E-state index in [-0.39, 0.29) is 24.4 Å². The standard InChI is InChI=1S/C23H25N3O5/c1-30-18-9-8-17(14-19(18)31-2)20(27)25-12-10-23(11-13-25)21(28)26(22(29)24-23)15-16-6-4-3-5-7-16/h3-9,14H,10-13,15H2,1-2H3,(H,24,29). The molecule has 2 aliphatic rings. The molecule has 0 atom stereocenters. The second-order valence-electron chi connectivity index (χ2n) is 7.75. The van der Waals surface area contributed by atoms with E-state index < -0.39 is 5.54 Å². The lowest BCUT2D eigenvalue weighted by Crippen LogP contribution is -2.55. The number of imide groups is 1. The molecule has 2 heterocycles. The number of carbonyl (C=O) groups is 3. The van der Waals surface area contributed by atoms with Crippen molar-refractivity contribution in [3.63, 3.8) is 0 Å². The third kappa shape index (κ3) is 3.81. The zero-order valence-corrected chi connectivity index (χ0v) is 17.6. The number of ether oxygens (including phenoxy) is 2. The maximum atomic E-state index is 13.1. The molecule has 2 aliphatic heterocycles. The van der Waals surface area contributed by atoms with Crippen LogP contribution in [0, 0.1) is 0 Å². The lowest BCUT2D eigenvalue weighted by Gasteiger charge is -2.37. The van der Waals surface area contributed by atoms with Crippen molar-refractivity contribution >= 4 is 17.8 Å². The average Bonchev–Trinajstić information content (AvgIpc) is 3.03. The van der Waals surface area contributed by atoms with E-state index >= 15 is 0 Å². The second-order valence-corrected chi connectivity index (χ2v) is 7.75. The number of urea groups is 1. The van der Waals surface area contributed by atoms with Crippen LogP contribution in [0.15, 0.2) is 48.5 Å². The molecule has 2 aromatic rings. The molecule has 4 amide bonds. The van der Waals surface area contributed by atoms with Crippen LogP contribution in [0.25, 0.3) is 0 Å². The Hall–Kier alpha value is -3.55. The maximum Gasteiger partial charge on any atom is 0.325 e. The van der Waals surface area contributed by atoms with E-state index in [9.17, 15) is 14.4 Å². The molecule has 8 nitrogen and oxygen atoms in total. The predicted octanol–water partition coefficient (Wildman–Crippen LogP) is 2.43. The van der Waals surface area contributed by atoms with Crippen LogP contribution in [-0.2, 0) is 11.3 Å². The number of methoxy groups -OCH3 is 2. The van der Waals surface area contributed by atoms with E-state index in [2.05, 4.69) is 5.32 Å². The first-order chi connectivity index (χ1) is 15.0. The van der Waals surface area contributed by atoms with Gasteiger partial charge in [-0.3, -0.25) is 14.5 Å². The van der Waals surface area contributed by atoms with Crippen LogP contribution in [0.5, 0.6) is 11.5 Å². The zero-order valence-electron chi connectivity index (χ0n) is 17.6. The lowest BCUT2D eigenvalue weighted by atomic mass is 9.87. The van der Waals surface area contributed by atoms with Gasteiger partial charge in [0.25, 0.3) is 11.8 Å². The van der Waals surface area contributed by atoms with Gasteiger partial charge >= 0.3 is 6.03 Å². The van der Waals surface area contributed by atoms with Crippen molar-refractivity contribution in [1.29, 1.82) is 0 Å². The number of benzene rings is 2. The third-order valence-electron chi connectivity index (χ3n) is 5.96. The predicted molar refractivity (Wildman–Crippen MR) is 113 cm³/mol. The number of amides is 4. The molecule has 0 bridgehead atoms. The van der Waals surface area contributed by atoms with Gasteiger partial charge in [-0.05, 0) is 36.6 Å². The highest BCUT2D eigenvalue weighted by molar-refractivity contribution is 6.07. The van der Waals surface area contributed by atoms with Gasteiger partial charge in [-0.15, -0.1) is 0 Å². The highest BCUT2D eigenvalue weighted by Gasteiger charge is 2.52. The van der Waals surface area contributed by atoms with Crippen LogP contribution in [-0.4, -0.2) is 60.5 Å². The van der Waals surface area contributed by atoms with Gasteiger partial charge in [0.2, 0.25) is 0 Å². The van der Waals surface area contributed by atoms with Crippen LogP contribution < -0.4 is 14.8 Å². The molecule has 1 N–H and O–H groups in total. The highest BCUT2D eigenvalue weighted by Crippen LogP contribution is 2.32. The number of nitrogens with zero attached hydrogens (tertiary/aromatic N) is 2. The number of hydrogen-bond acceptors (Lipinski definition) is 5. The molecule has 0 aliphatic carbocycles. The van der Waals surface area contributed by atoms with Gasteiger partial charge in [-0.1, -0.05) is 30.3 Å². The van der Waals surface area contributed by atoms with Gasteiger partial charge in [0.05, 0.1) is 20.8 Å². The Labute approximate surface area is 180 Å². The van der Waals surface area contributed by atoms with Crippen LogP contribution in [0.1, 0.15) is 28.8 Å². The SMILES string of the molecule is COc1ccc(C(=O)N2CCC3(CC2)NC(=O)N(Cc2ccccc2)C3=O)cc1OC. The maximum absolute atomic E-state index is 13.1. The van der Waals surface area contributed by atoms with Gasteiger partial charge in [0.15, 0.2) is 11.5 Å². The van der Waals surface area contributed by atoms with E-state index in [1.54, 1.807) is 23.1 Å². The molecular formula is C23H25N3O5. The molecule has 2 saturated heterocycles. The largest absolute Gasteiger partial charge is 0.493 e. The van der Waals surface area contributed by atoms with Gasteiger partial charge in [0.1, 0.15) is 5.54 Å². The molecule has 2 aromatic carbocycles. The summed E-state index contributed by atoms with van der Waals surface area (Å²) in [6, 6.07) is 14.1. The first kappa shape index (κ1) is 20.7. The molecule has 0 aromatic heterocycles. The fraction of sp³-hybridized carbons (Fsp3) is 0.348. The normalized spacial score (nSPS) is 17.6. The Morgan fingerprint density at radius 1 is 1.00 bits per heavy atom. The monoisotopic (exact) mass is 423 g/mol. The molecule has 0 saturated carbocycles. The Balaban J connectivity index is 1.44. The Bertz CT molecular complexity index is 1000. The fourth-order valence-corrected chi connectivity index (χ4v) is 4.17. The molecule has 4 rings (SSSR count). The summed E-state index contributed by atoms with van der Waals surface area (Å²) in [7, 11) is 3.06. The van der Waals surface area contributed by atoms with E-state index in [0.717, 1.165) is 5.56 Å². The van der Waals surface area contributed by atoms with Gasteiger partial charge in [-0.2, -0.15) is 0 Å². The summed E-state index contributed by atoms with van der Waals surface area (Å²) in [5, 5.41) is 2.88. The molecule has 0 radical (unpaired) electrons. The van der Waals surface area contributed by atoms with E-state index in [1.807, 2.05) is 30.3 Å². The molecule has 0 unspecified atom stereocenters. The van der Waals surface area contributed by atoms with Crippen molar-refractivity contribution in [2.24, 2.45) is 0 Å². The van der Waals surface area contributed by atoms with Crippen molar-refractivity contribution < 1.29 is 23.9 Å². The number of rotatable bonds is 5.